The number of rotatable bonds is 4. The number of halogens is 2. The van der Waals surface area contributed by atoms with Crippen LogP contribution in [0.1, 0.15) is 16.8 Å². The lowest BCUT2D eigenvalue weighted by atomic mass is 10.1. The van der Waals surface area contributed by atoms with Crippen molar-refractivity contribution >= 4 is 43.3 Å². The van der Waals surface area contributed by atoms with E-state index in [1.165, 1.54) is 18.2 Å². The monoisotopic (exact) mass is 335 g/mol. The first-order chi connectivity index (χ1) is 7.06. The maximum Gasteiger partial charge on any atom is 0.270 e. The van der Waals surface area contributed by atoms with Crippen molar-refractivity contribution in [1.82, 2.24) is 0 Å². The molecule has 0 heterocycles. The highest BCUT2D eigenvalue weighted by molar-refractivity contribution is 9.10. The minimum Gasteiger partial charge on any atom is -0.294 e. The van der Waals surface area contributed by atoms with Crippen molar-refractivity contribution in [2.45, 2.75) is 6.42 Å². The molecular weight excluding hydrogens is 330 g/mol. The third-order valence-corrected chi connectivity index (χ3v) is 2.87. The number of alkyl halides is 1. The van der Waals surface area contributed by atoms with Gasteiger partial charge in [0.2, 0.25) is 0 Å². The van der Waals surface area contributed by atoms with Gasteiger partial charge >= 0.3 is 0 Å². The molecule has 0 unspecified atom stereocenters. The van der Waals surface area contributed by atoms with Gasteiger partial charge in [-0.05, 0) is 6.07 Å². The molecule has 0 aromatic heterocycles. The molecule has 1 aromatic rings. The number of carbonyl (C=O) groups excluding carboxylic acids is 1. The van der Waals surface area contributed by atoms with Gasteiger partial charge in [0.05, 0.1) is 4.92 Å². The Hall–Kier alpha value is -0.750. The molecule has 0 atom stereocenters. The number of non-ortho nitro benzene ring substituents is 1. The van der Waals surface area contributed by atoms with Crippen LogP contribution in [0.3, 0.4) is 0 Å². The Balaban J connectivity index is 3.10. The van der Waals surface area contributed by atoms with Gasteiger partial charge in [0.25, 0.3) is 5.69 Å². The third kappa shape index (κ3) is 3.10. The molecule has 0 spiro atoms. The molecule has 0 bridgehead atoms. The molecule has 0 amide bonds. The van der Waals surface area contributed by atoms with Crippen LogP contribution in [0.25, 0.3) is 0 Å². The van der Waals surface area contributed by atoms with Crippen LogP contribution in [0.4, 0.5) is 5.69 Å². The van der Waals surface area contributed by atoms with Gasteiger partial charge < -0.3 is 0 Å². The highest BCUT2D eigenvalue weighted by Gasteiger charge is 2.14. The molecule has 1 rings (SSSR count). The zero-order chi connectivity index (χ0) is 11.4. The fourth-order valence-corrected chi connectivity index (χ4v) is 1.89. The Bertz CT molecular complexity index is 406. The summed E-state index contributed by atoms with van der Waals surface area (Å²) in [7, 11) is 0. The van der Waals surface area contributed by atoms with Gasteiger partial charge in [0, 0.05) is 33.9 Å². The summed E-state index contributed by atoms with van der Waals surface area (Å²) in [6.07, 6.45) is 0.319. The van der Waals surface area contributed by atoms with Crippen molar-refractivity contribution in [3.05, 3.63) is 38.3 Å². The van der Waals surface area contributed by atoms with Crippen LogP contribution in [0.5, 0.6) is 0 Å². The number of nitrogens with zero attached hydrogens (tertiary/aromatic N) is 1. The topological polar surface area (TPSA) is 60.2 Å². The van der Waals surface area contributed by atoms with Gasteiger partial charge in [-0.2, -0.15) is 0 Å². The van der Waals surface area contributed by atoms with E-state index in [0.717, 1.165) is 0 Å². The summed E-state index contributed by atoms with van der Waals surface area (Å²) in [6.45, 7) is 0. The van der Waals surface area contributed by atoms with Crippen molar-refractivity contribution in [3.8, 4) is 0 Å². The summed E-state index contributed by atoms with van der Waals surface area (Å²) >= 11 is 6.34. The second kappa shape index (κ2) is 5.37. The predicted octanol–water partition coefficient (Wildman–Crippen LogP) is 3.33. The van der Waals surface area contributed by atoms with E-state index in [4.69, 9.17) is 0 Å². The van der Waals surface area contributed by atoms with Crippen LogP contribution in [-0.2, 0) is 0 Å². The summed E-state index contributed by atoms with van der Waals surface area (Å²) < 4.78 is 0.582. The first-order valence-electron chi connectivity index (χ1n) is 4.09. The molecule has 6 heteroatoms. The van der Waals surface area contributed by atoms with Crippen LogP contribution in [0.15, 0.2) is 22.7 Å². The number of Topliss-reactive ketones (excluding diaryl/α,β-unsaturated/α-hetero) is 1. The Labute approximate surface area is 103 Å². The number of benzene rings is 1. The average molecular weight is 337 g/mol. The summed E-state index contributed by atoms with van der Waals surface area (Å²) in [6, 6.07) is 4.16. The summed E-state index contributed by atoms with van der Waals surface area (Å²) in [5.74, 6) is -0.123. The molecule has 80 valence electrons. The molecule has 0 N–H and O–H groups in total. The molecule has 0 saturated heterocycles. The number of ketones is 1. The second-order valence-corrected chi connectivity index (χ2v) is 4.43. The van der Waals surface area contributed by atoms with Crippen molar-refractivity contribution in [1.29, 1.82) is 0 Å². The number of hydrogen-bond donors (Lipinski definition) is 0. The molecule has 0 saturated carbocycles. The van der Waals surface area contributed by atoms with E-state index < -0.39 is 4.92 Å². The van der Waals surface area contributed by atoms with Crippen LogP contribution in [0, 0.1) is 10.1 Å². The van der Waals surface area contributed by atoms with Crippen molar-refractivity contribution in [3.63, 3.8) is 0 Å². The van der Waals surface area contributed by atoms with E-state index in [9.17, 15) is 14.9 Å². The Kier molecular flexibility index (Phi) is 4.41. The molecule has 0 fully saturated rings. The maximum atomic E-state index is 11.6. The van der Waals surface area contributed by atoms with Gasteiger partial charge in [0.1, 0.15) is 0 Å². The van der Waals surface area contributed by atoms with E-state index in [1.807, 2.05) is 0 Å². The van der Waals surface area contributed by atoms with Crippen LogP contribution in [-0.4, -0.2) is 16.0 Å². The van der Waals surface area contributed by atoms with E-state index in [0.29, 0.717) is 21.8 Å². The van der Waals surface area contributed by atoms with Gasteiger partial charge in [-0.25, -0.2) is 0 Å². The normalized spacial score (nSPS) is 10.0. The number of nitro benzene ring substituents is 1. The average Bonchev–Trinajstić information content (AvgIpc) is 2.18. The Morgan fingerprint density at radius 1 is 1.47 bits per heavy atom. The predicted molar refractivity (Wildman–Crippen MR) is 63.5 cm³/mol. The van der Waals surface area contributed by atoms with Crippen molar-refractivity contribution in [2.24, 2.45) is 0 Å². The van der Waals surface area contributed by atoms with Crippen LogP contribution in [0.2, 0.25) is 0 Å². The number of hydrogen-bond acceptors (Lipinski definition) is 3. The molecular formula is C9H7Br2NO3. The standard InChI is InChI=1S/C9H7Br2NO3/c10-4-3-9(13)7-5-6(12(14)15)1-2-8(7)11/h1-2,5H,3-4H2. The van der Waals surface area contributed by atoms with Gasteiger partial charge in [-0.3, -0.25) is 14.9 Å². The van der Waals surface area contributed by atoms with Gasteiger partial charge in [-0.15, -0.1) is 0 Å². The van der Waals surface area contributed by atoms with E-state index in [1.54, 1.807) is 0 Å². The smallest absolute Gasteiger partial charge is 0.270 e. The molecule has 0 aliphatic heterocycles. The lowest BCUT2D eigenvalue weighted by Gasteiger charge is -2.01. The summed E-state index contributed by atoms with van der Waals surface area (Å²) in [5.41, 5.74) is 0.278. The summed E-state index contributed by atoms with van der Waals surface area (Å²) in [5, 5.41) is 11.1. The van der Waals surface area contributed by atoms with Crippen molar-refractivity contribution < 1.29 is 9.72 Å². The minimum absolute atomic E-state index is 0.0730. The Morgan fingerprint density at radius 2 is 2.13 bits per heavy atom. The molecule has 0 aliphatic rings. The SMILES string of the molecule is O=C(CCBr)c1cc([N+](=O)[O-])ccc1Br. The highest BCUT2D eigenvalue weighted by atomic mass is 79.9. The first-order valence-corrected chi connectivity index (χ1v) is 6.01. The maximum absolute atomic E-state index is 11.6. The first kappa shape index (κ1) is 12.3. The quantitative estimate of drug-likeness (QED) is 0.367. The second-order valence-electron chi connectivity index (χ2n) is 2.78. The molecule has 15 heavy (non-hydrogen) atoms. The molecule has 0 radical (unpaired) electrons. The molecule has 4 nitrogen and oxygen atoms in total. The van der Waals surface area contributed by atoms with E-state index in [-0.39, 0.29) is 11.5 Å². The lowest BCUT2D eigenvalue weighted by molar-refractivity contribution is -0.384. The largest absolute Gasteiger partial charge is 0.294 e. The Morgan fingerprint density at radius 3 is 2.67 bits per heavy atom. The fourth-order valence-electron chi connectivity index (χ4n) is 1.06. The summed E-state index contributed by atoms with van der Waals surface area (Å²) in [4.78, 5) is 21.6. The molecule has 1 aromatic carbocycles. The number of nitro groups is 1. The highest BCUT2D eigenvalue weighted by Crippen LogP contribution is 2.23. The third-order valence-electron chi connectivity index (χ3n) is 1.78. The van der Waals surface area contributed by atoms with Crippen molar-refractivity contribution in [2.75, 3.05) is 5.33 Å². The lowest BCUT2D eigenvalue weighted by Crippen LogP contribution is -2.02. The van der Waals surface area contributed by atoms with Crippen LogP contribution < -0.4 is 0 Å². The molecule has 0 aliphatic carbocycles. The fraction of sp³-hybridized carbons (Fsp3) is 0.222. The zero-order valence-corrected chi connectivity index (χ0v) is 10.7. The van der Waals surface area contributed by atoms with Gasteiger partial charge in [0.15, 0.2) is 5.78 Å². The van der Waals surface area contributed by atoms with E-state index >= 15 is 0 Å². The number of carbonyl (C=O) groups is 1. The van der Waals surface area contributed by atoms with Gasteiger partial charge in [-0.1, -0.05) is 31.9 Å². The zero-order valence-electron chi connectivity index (χ0n) is 7.57. The van der Waals surface area contributed by atoms with Crippen LogP contribution >= 0.6 is 31.9 Å². The van der Waals surface area contributed by atoms with E-state index in [2.05, 4.69) is 31.9 Å². The minimum atomic E-state index is -0.517.